The van der Waals surface area contributed by atoms with Crippen molar-refractivity contribution >= 4 is 28.7 Å². The Morgan fingerprint density at radius 3 is 2.90 bits per heavy atom. The number of carbonyl (C=O) groups is 1. The molecule has 0 aliphatic rings. The highest BCUT2D eigenvalue weighted by Crippen LogP contribution is 2.20. The van der Waals surface area contributed by atoms with Gasteiger partial charge in [-0.3, -0.25) is 14.9 Å². The van der Waals surface area contributed by atoms with Gasteiger partial charge in [-0.1, -0.05) is 0 Å². The molecule has 0 aliphatic carbocycles. The van der Waals surface area contributed by atoms with Crippen LogP contribution in [-0.2, 0) is 6.42 Å². The van der Waals surface area contributed by atoms with Crippen LogP contribution in [0.3, 0.4) is 0 Å². The second kappa shape index (κ2) is 6.75. The van der Waals surface area contributed by atoms with E-state index >= 15 is 0 Å². The van der Waals surface area contributed by atoms with E-state index in [0.29, 0.717) is 18.8 Å². The summed E-state index contributed by atoms with van der Waals surface area (Å²) in [5, 5.41) is 19.1. The average molecular weight is 307 g/mol. The standard InChI is InChI=1S/C12H13N5O3S/c1-13-10-6-8(9(7-16-10)17(19)20)12(18)15-3-2-11-14-4-5-21-11/h4-7H,2-3H2,1H3,(H,13,16)(H,15,18). The number of pyridine rings is 1. The number of nitrogens with one attached hydrogen (secondary N) is 2. The summed E-state index contributed by atoms with van der Waals surface area (Å²) in [7, 11) is 1.62. The molecule has 0 atom stereocenters. The molecule has 0 saturated heterocycles. The maximum Gasteiger partial charge on any atom is 0.300 e. The quantitative estimate of drug-likeness (QED) is 0.617. The number of nitro groups is 1. The largest absolute Gasteiger partial charge is 0.373 e. The van der Waals surface area contributed by atoms with Gasteiger partial charge in [-0.2, -0.15) is 0 Å². The molecule has 2 N–H and O–H groups in total. The van der Waals surface area contributed by atoms with E-state index in [1.165, 1.54) is 17.4 Å². The zero-order valence-electron chi connectivity index (χ0n) is 11.2. The number of carbonyl (C=O) groups excluding carboxylic acids is 1. The van der Waals surface area contributed by atoms with Gasteiger partial charge in [0.2, 0.25) is 0 Å². The number of thiazole rings is 1. The lowest BCUT2D eigenvalue weighted by Crippen LogP contribution is -2.26. The maximum atomic E-state index is 12.1. The lowest BCUT2D eigenvalue weighted by molar-refractivity contribution is -0.385. The number of hydrogen-bond donors (Lipinski definition) is 2. The smallest absolute Gasteiger partial charge is 0.300 e. The Labute approximate surface area is 124 Å². The topological polar surface area (TPSA) is 110 Å². The molecule has 0 saturated carbocycles. The van der Waals surface area contributed by atoms with E-state index in [-0.39, 0.29) is 11.3 Å². The first kappa shape index (κ1) is 14.9. The first-order valence-electron chi connectivity index (χ1n) is 6.10. The molecule has 0 aliphatic heterocycles. The molecule has 2 aromatic rings. The molecule has 21 heavy (non-hydrogen) atoms. The van der Waals surface area contributed by atoms with Crippen molar-refractivity contribution in [1.82, 2.24) is 15.3 Å². The molecule has 8 nitrogen and oxygen atoms in total. The van der Waals surface area contributed by atoms with Crippen molar-refractivity contribution in [3.8, 4) is 0 Å². The molecular weight excluding hydrogens is 294 g/mol. The van der Waals surface area contributed by atoms with Crippen molar-refractivity contribution in [2.75, 3.05) is 18.9 Å². The highest BCUT2D eigenvalue weighted by molar-refractivity contribution is 7.09. The Hall–Kier alpha value is -2.55. The van der Waals surface area contributed by atoms with Gasteiger partial charge in [-0.05, 0) is 0 Å². The van der Waals surface area contributed by atoms with Gasteiger partial charge in [0.05, 0.1) is 9.93 Å². The zero-order chi connectivity index (χ0) is 15.2. The molecule has 2 rings (SSSR count). The lowest BCUT2D eigenvalue weighted by Gasteiger charge is -2.06. The Kier molecular flexibility index (Phi) is 4.77. The third-order valence-electron chi connectivity index (χ3n) is 2.69. The predicted molar refractivity (Wildman–Crippen MR) is 78.6 cm³/mol. The summed E-state index contributed by atoms with van der Waals surface area (Å²) in [6, 6.07) is 1.36. The third-order valence-corrected chi connectivity index (χ3v) is 3.53. The van der Waals surface area contributed by atoms with Gasteiger partial charge in [-0.15, -0.1) is 11.3 Å². The first-order chi connectivity index (χ1) is 10.1. The summed E-state index contributed by atoms with van der Waals surface area (Å²) in [6.45, 7) is 0.362. The van der Waals surface area contributed by atoms with E-state index in [4.69, 9.17) is 0 Å². The maximum absolute atomic E-state index is 12.1. The van der Waals surface area contributed by atoms with Crippen LogP contribution in [0.4, 0.5) is 11.5 Å². The molecule has 2 aromatic heterocycles. The number of aromatic nitrogens is 2. The van der Waals surface area contributed by atoms with Crippen LogP contribution in [-0.4, -0.2) is 34.4 Å². The van der Waals surface area contributed by atoms with E-state index in [1.54, 1.807) is 13.2 Å². The molecule has 2 heterocycles. The van der Waals surface area contributed by atoms with Gasteiger partial charge in [-0.25, -0.2) is 9.97 Å². The summed E-state index contributed by atoms with van der Waals surface area (Å²) in [5.41, 5.74) is -0.334. The fourth-order valence-electron chi connectivity index (χ4n) is 1.67. The molecular formula is C12H13N5O3S. The summed E-state index contributed by atoms with van der Waals surface area (Å²) >= 11 is 1.49. The van der Waals surface area contributed by atoms with Gasteiger partial charge in [0.25, 0.3) is 11.6 Å². The van der Waals surface area contributed by atoms with Gasteiger partial charge in [0.15, 0.2) is 0 Å². The van der Waals surface area contributed by atoms with Crippen molar-refractivity contribution in [3.05, 3.63) is 44.5 Å². The van der Waals surface area contributed by atoms with Crippen LogP contribution in [0.5, 0.6) is 0 Å². The van der Waals surface area contributed by atoms with E-state index in [9.17, 15) is 14.9 Å². The van der Waals surface area contributed by atoms with Gasteiger partial charge < -0.3 is 10.6 Å². The minimum Gasteiger partial charge on any atom is -0.373 e. The van der Waals surface area contributed by atoms with Gasteiger partial charge in [0.1, 0.15) is 17.6 Å². The summed E-state index contributed by atoms with van der Waals surface area (Å²) in [6.07, 6.45) is 3.34. The number of rotatable bonds is 6. The van der Waals surface area contributed by atoms with Crippen LogP contribution >= 0.6 is 11.3 Å². The van der Waals surface area contributed by atoms with Crippen molar-refractivity contribution < 1.29 is 9.72 Å². The van der Waals surface area contributed by atoms with Gasteiger partial charge >= 0.3 is 0 Å². The van der Waals surface area contributed by atoms with Crippen LogP contribution in [0.25, 0.3) is 0 Å². The van der Waals surface area contributed by atoms with Crippen LogP contribution in [0.15, 0.2) is 23.8 Å². The van der Waals surface area contributed by atoms with Crippen LogP contribution in [0.1, 0.15) is 15.4 Å². The Morgan fingerprint density at radius 2 is 2.29 bits per heavy atom. The molecule has 0 bridgehead atoms. The number of hydrogen-bond acceptors (Lipinski definition) is 7. The number of amides is 1. The molecule has 9 heteroatoms. The fraction of sp³-hybridized carbons (Fsp3) is 0.250. The summed E-state index contributed by atoms with van der Waals surface area (Å²) in [4.78, 5) is 30.3. The van der Waals surface area contributed by atoms with E-state index in [0.717, 1.165) is 11.2 Å². The highest BCUT2D eigenvalue weighted by atomic mass is 32.1. The molecule has 1 amide bonds. The second-order valence-corrected chi connectivity index (χ2v) is 5.00. The number of nitrogens with zero attached hydrogens (tertiary/aromatic N) is 3. The Balaban J connectivity index is 2.08. The van der Waals surface area contributed by atoms with Crippen molar-refractivity contribution in [2.24, 2.45) is 0 Å². The van der Waals surface area contributed by atoms with E-state index in [1.807, 2.05) is 5.38 Å². The minimum absolute atomic E-state index is 0.0153. The van der Waals surface area contributed by atoms with E-state index in [2.05, 4.69) is 20.6 Å². The summed E-state index contributed by atoms with van der Waals surface area (Å²) < 4.78 is 0. The van der Waals surface area contributed by atoms with Crippen LogP contribution < -0.4 is 10.6 Å². The van der Waals surface area contributed by atoms with E-state index < -0.39 is 10.8 Å². The van der Waals surface area contributed by atoms with Crippen molar-refractivity contribution in [2.45, 2.75) is 6.42 Å². The predicted octanol–water partition coefficient (Wildman–Crippen LogP) is 1.46. The Bertz CT molecular complexity index is 644. The highest BCUT2D eigenvalue weighted by Gasteiger charge is 2.21. The molecule has 0 unspecified atom stereocenters. The molecule has 0 radical (unpaired) electrons. The lowest BCUT2D eigenvalue weighted by atomic mass is 10.2. The summed E-state index contributed by atoms with van der Waals surface area (Å²) in [5.74, 6) is -0.108. The molecule has 0 spiro atoms. The normalized spacial score (nSPS) is 10.1. The monoisotopic (exact) mass is 307 g/mol. The van der Waals surface area contributed by atoms with Crippen LogP contribution in [0.2, 0.25) is 0 Å². The molecule has 110 valence electrons. The average Bonchev–Trinajstić information content (AvgIpc) is 2.99. The molecule has 0 aromatic carbocycles. The second-order valence-electron chi connectivity index (χ2n) is 4.03. The SMILES string of the molecule is CNc1cc(C(=O)NCCc2nccs2)c([N+](=O)[O-])cn1. The third kappa shape index (κ3) is 3.72. The number of anilines is 1. The first-order valence-corrected chi connectivity index (χ1v) is 6.98. The van der Waals surface area contributed by atoms with Gasteiger partial charge in [0, 0.05) is 37.7 Å². The Morgan fingerprint density at radius 1 is 1.48 bits per heavy atom. The van der Waals surface area contributed by atoms with Crippen LogP contribution in [0, 0.1) is 10.1 Å². The molecule has 0 fully saturated rings. The fourth-order valence-corrected chi connectivity index (χ4v) is 2.29. The van der Waals surface area contributed by atoms with Crippen molar-refractivity contribution in [1.29, 1.82) is 0 Å². The minimum atomic E-state index is -0.623. The zero-order valence-corrected chi connectivity index (χ0v) is 12.0. The van der Waals surface area contributed by atoms with Crippen molar-refractivity contribution in [3.63, 3.8) is 0 Å².